The van der Waals surface area contributed by atoms with Crippen LogP contribution in [0.5, 0.6) is 0 Å². The summed E-state index contributed by atoms with van der Waals surface area (Å²) >= 11 is 6.09. The Morgan fingerprint density at radius 3 is 2.82 bits per heavy atom. The third-order valence-electron chi connectivity index (χ3n) is 4.43. The Labute approximate surface area is 135 Å². The molecule has 0 amide bonds. The fourth-order valence-electron chi connectivity index (χ4n) is 2.98. The van der Waals surface area contributed by atoms with Crippen molar-refractivity contribution in [2.45, 2.75) is 31.7 Å². The number of halogens is 1. The van der Waals surface area contributed by atoms with E-state index in [1.165, 1.54) is 24.0 Å². The lowest BCUT2D eigenvalue weighted by atomic mass is 10.00. The van der Waals surface area contributed by atoms with Crippen LogP contribution in [0.3, 0.4) is 0 Å². The molecule has 1 aromatic heterocycles. The van der Waals surface area contributed by atoms with Crippen LogP contribution in [-0.4, -0.2) is 23.6 Å². The molecular formula is C17H19ClN4. The predicted octanol–water partition coefficient (Wildman–Crippen LogP) is 3.61. The molecule has 0 saturated heterocycles. The van der Waals surface area contributed by atoms with Crippen LogP contribution >= 0.6 is 11.6 Å². The van der Waals surface area contributed by atoms with Gasteiger partial charge < -0.3 is 10.2 Å². The molecule has 1 aliphatic carbocycles. The summed E-state index contributed by atoms with van der Waals surface area (Å²) in [5, 5.41) is 3.98. The second kappa shape index (κ2) is 5.43. The van der Waals surface area contributed by atoms with E-state index in [1.807, 2.05) is 19.2 Å². The highest BCUT2D eigenvalue weighted by Crippen LogP contribution is 2.39. The molecule has 0 atom stereocenters. The van der Waals surface area contributed by atoms with Crippen molar-refractivity contribution in [2.75, 3.05) is 23.8 Å². The minimum atomic E-state index is 0.558. The highest BCUT2D eigenvalue weighted by atomic mass is 35.5. The zero-order valence-electron chi connectivity index (χ0n) is 12.6. The van der Waals surface area contributed by atoms with E-state index < -0.39 is 0 Å². The van der Waals surface area contributed by atoms with Gasteiger partial charge in [0.25, 0.3) is 0 Å². The fraction of sp³-hybridized carbons (Fsp3) is 0.412. The first-order valence-electron chi connectivity index (χ1n) is 7.82. The molecule has 0 unspecified atom stereocenters. The molecule has 1 saturated carbocycles. The van der Waals surface area contributed by atoms with Gasteiger partial charge in [-0.05, 0) is 42.5 Å². The number of anilines is 2. The summed E-state index contributed by atoms with van der Waals surface area (Å²) in [5.74, 6) is 3.49. The average molecular weight is 315 g/mol. The second-order valence-electron chi connectivity index (χ2n) is 6.08. The van der Waals surface area contributed by atoms with E-state index >= 15 is 0 Å². The van der Waals surface area contributed by atoms with Crippen LogP contribution in [-0.2, 0) is 13.0 Å². The maximum atomic E-state index is 6.09. The van der Waals surface area contributed by atoms with E-state index in [0.29, 0.717) is 5.92 Å². The Morgan fingerprint density at radius 1 is 1.18 bits per heavy atom. The molecule has 1 aliphatic heterocycles. The van der Waals surface area contributed by atoms with Gasteiger partial charge in [0.2, 0.25) is 0 Å². The van der Waals surface area contributed by atoms with Gasteiger partial charge in [0.15, 0.2) is 0 Å². The van der Waals surface area contributed by atoms with Crippen LogP contribution in [0.25, 0.3) is 0 Å². The van der Waals surface area contributed by atoms with Crippen LogP contribution < -0.4 is 10.2 Å². The van der Waals surface area contributed by atoms with Gasteiger partial charge in [-0.15, -0.1) is 0 Å². The Hall–Kier alpha value is -1.81. The van der Waals surface area contributed by atoms with Crippen LogP contribution in [0.2, 0.25) is 5.02 Å². The summed E-state index contributed by atoms with van der Waals surface area (Å²) < 4.78 is 0. The summed E-state index contributed by atoms with van der Waals surface area (Å²) in [6, 6.07) is 8.24. The van der Waals surface area contributed by atoms with Gasteiger partial charge in [-0.25, -0.2) is 9.97 Å². The molecule has 2 heterocycles. The van der Waals surface area contributed by atoms with Crippen molar-refractivity contribution in [3.63, 3.8) is 0 Å². The highest BCUT2D eigenvalue weighted by molar-refractivity contribution is 6.30. The van der Waals surface area contributed by atoms with Gasteiger partial charge in [-0.1, -0.05) is 17.7 Å². The number of hydrogen-bond donors (Lipinski definition) is 1. The third kappa shape index (κ3) is 2.63. The van der Waals surface area contributed by atoms with Gasteiger partial charge in [0.05, 0.1) is 0 Å². The molecule has 2 aliphatic rings. The van der Waals surface area contributed by atoms with Crippen LogP contribution in [0.1, 0.15) is 35.7 Å². The minimum Gasteiger partial charge on any atom is -0.373 e. The first-order valence-corrected chi connectivity index (χ1v) is 8.20. The summed E-state index contributed by atoms with van der Waals surface area (Å²) in [5.41, 5.74) is 2.70. The molecule has 1 aromatic carbocycles. The first kappa shape index (κ1) is 13.8. The first-order chi connectivity index (χ1) is 10.7. The number of aromatic nitrogens is 2. The zero-order chi connectivity index (χ0) is 15.1. The molecule has 0 bridgehead atoms. The molecule has 2 aromatic rings. The van der Waals surface area contributed by atoms with Crippen molar-refractivity contribution in [2.24, 2.45) is 0 Å². The van der Waals surface area contributed by atoms with Gasteiger partial charge in [0, 0.05) is 37.1 Å². The normalized spacial score (nSPS) is 17.3. The number of nitrogens with one attached hydrogen (secondary N) is 1. The summed E-state index contributed by atoms with van der Waals surface area (Å²) in [6.07, 6.45) is 3.44. The lowest BCUT2D eigenvalue weighted by molar-refractivity contribution is 0.714. The second-order valence-corrected chi connectivity index (χ2v) is 6.51. The molecule has 1 N–H and O–H groups in total. The molecule has 5 heteroatoms. The number of benzene rings is 1. The monoisotopic (exact) mass is 314 g/mol. The zero-order valence-corrected chi connectivity index (χ0v) is 13.4. The highest BCUT2D eigenvalue weighted by Gasteiger charge is 2.28. The average Bonchev–Trinajstić information content (AvgIpc) is 3.39. The van der Waals surface area contributed by atoms with Gasteiger partial charge in [0.1, 0.15) is 17.5 Å². The number of nitrogens with zero attached hydrogens (tertiary/aromatic N) is 3. The van der Waals surface area contributed by atoms with E-state index in [1.54, 1.807) is 0 Å². The number of fused-ring (bicyclic) bond motifs is 1. The van der Waals surface area contributed by atoms with Crippen LogP contribution in [0.4, 0.5) is 11.6 Å². The van der Waals surface area contributed by atoms with Crippen LogP contribution in [0.15, 0.2) is 24.3 Å². The summed E-state index contributed by atoms with van der Waals surface area (Å²) in [7, 11) is 1.91. The Morgan fingerprint density at radius 2 is 2.05 bits per heavy atom. The van der Waals surface area contributed by atoms with E-state index in [4.69, 9.17) is 16.6 Å². The van der Waals surface area contributed by atoms with E-state index in [9.17, 15) is 0 Å². The lowest BCUT2D eigenvalue weighted by Gasteiger charge is -2.30. The molecule has 1 fully saturated rings. The van der Waals surface area contributed by atoms with Crippen molar-refractivity contribution in [3.05, 3.63) is 46.2 Å². The molecule has 22 heavy (non-hydrogen) atoms. The van der Waals surface area contributed by atoms with Crippen molar-refractivity contribution in [1.29, 1.82) is 0 Å². The maximum absolute atomic E-state index is 6.09. The predicted molar refractivity (Wildman–Crippen MR) is 89.8 cm³/mol. The lowest BCUT2D eigenvalue weighted by Crippen LogP contribution is -2.31. The van der Waals surface area contributed by atoms with Crippen molar-refractivity contribution in [3.8, 4) is 0 Å². The minimum absolute atomic E-state index is 0.558. The van der Waals surface area contributed by atoms with Crippen molar-refractivity contribution >= 4 is 23.2 Å². The van der Waals surface area contributed by atoms with Crippen molar-refractivity contribution in [1.82, 2.24) is 9.97 Å². The van der Waals surface area contributed by atoms with Gasteiger partial charge in [-0.3, -0.25) is 0 Å². The van der Waals surface area contributed by atoms with E-state index in [2.05, 4.69) is 27.3 Å². The Kier molecular flexibility index (Phi) is 3.41. The molecule has 0 spiro atoms. The SMILES string of the molecule is CNc1cc(N2CCc3cc(Cl)ccc3C2)nc(C2CC2)n1. The molecule has 4 rings (SSSR count). The third-order valence-corrected chi connectivity index (χ3v) is 4.67. The summed E-state index contributed by atoms with van der Waals surface area (Å²) in [4.78, 5) is 11.7. The number of hydrogen-bond acceptors (Lipinski definition) is 4. The quantitative estimate of drug-likeness (QED) is 0.939. The van der Waals surface area contributed by atoms with E-state index in [-0.39, 0.29) is 0 Å². The standard InChI is InChI=1S/C17H19ClN4/c1-19-15-9-16(21-17(20-15)11-2-3-11)22-7-6-12-8-14(18)5-4-13(12)10-22/h4-5,8-9,11H,2-3,6-7,10H2,1H3,(H,19,20,21). The molecule has 0 radical (unpaired) electrons. The maximum Gasteiger partial charge on any atom is 0.136 e. The summed E-state index contributed by atoms with van der Waals surface area (Å²) in [6.45, 7) is 1.86. The van der Waals surface area contributed by atoms with Crippen LogP contribution in [0, 0.1) is 0 Å². The Balaban J connectivity index is 1.65. The molecule has 4 nitrogen and oxygen atoms in total. The van der Waals surface area contributed by atoms with Gasteiger partial charge in [-0.2, -0.15) is 0 Å². The van der Waals surface area contributed by atoms with E-state index in [0.717, 1.165) is 42.0 Å². The smallest absolute Gasteiger partial charge is 0.136 e. The largest absolute Gasteiger partial charge is 0.373 e. The van der Waals surface area contributed by atoms with Crippen molar-refractivity contribution < 1.29 is 0 Å². The molecular weight excluding hydrogens is 296 g/mol. The fourth-order valence-corrected chi connectivity index (χ4v) is 3.18. The number of rotatable bonds is 3. The molecule has 114 valence electrons. The topological polar surface area (TPSA) is 41.0 Å². The Bertz CT molecular complexity index is 712. The van der Waals surface area contributed by atoms with Gasteiger partial charge >= 0.3 is 0 Å².